The smallest absolute Gasteiger partial charge is 0.323 e. The van der Waals surface area contributed by atoms with Crippen LogP contribution >= 0.6 is 11.3 Å². The number of esters is 1. The van der Waals surface area contributed by atoms with E-state index >= 15 is 0 Å². The van der Waals surface area contributed by atoms with E-state index < -0.39 is 0 Å². The molecule has 0 unspecified atom stereocenters. The highest BCUT2D eigenvalue weighted by Crippen LogP contribution is 2.40. The molecular formula is C16H24N2O3S. The number of carbonyl (C=O) groups excluding carboxylic acids is 1. The van der Waals surface area contributed by atoms with Gasteiger partial charge in [-0.1, -0.05) is 12.8 Å². The Balaban J connectivity index is 1.75. The number of hydrogen-bond donors (Lipinski definition) is 0. The fraction of sp³-hybridized carbons (Fsp3) is 0.750. The molecule has 5 nitrogen and oxygen atoms in total. The minimum Gasteiger partial charge on any atom is -0.468 e. The number of carbonyl (C=O) groups is 1. The minimum absolute atomic E-state index is 0.0956. The van der Waals surface area contributed by atoms with E-state index in [4.69, 9.17) is 9.47 Å². The molecule has 1 aromatic heterocycles. The van der Waals surface area contributed by atoms with Crippen molar-refractivity contribution in [2.75, 3.05) is 14.2 Å². The Hall–Kier alpha value is -0.980. The molecule has 3 atom stereocenters. The van der Waals surface area contributed by atoms with E-state index in [1.807, 2.05) is 0 Å². The van der Waals surface area contributed by atoms with Crippen LogP contribution in [-0.4, -0.2) is 42.2 Å². The van der Waals surface area contributed by atoms with Crippen molar-refractivity contribution in [1.82, 2.24) is 9.88 Å². The van der Waals surface area contributed by atoms with Gasteiger partial charge < -0.3 is 9.47 Å². The lowest BCUT2D eigenvalue weighted by molar-refractivity contribution is -0.146. The zero-order chi connectivity index (χ0) is 15.5. The Bertz CT molecular complexity index is 519. The topological polar surface area (TPSA) is 51.7 Å². The second-order valence-corrected chi connectivity index (χ2v) is 7.17. The lowest BCUT2D eigenvalue weighted by Gasteiger charge is -2.32. The monoisotopic (exact) mass is 324 g/mol. The van der Waals surface area contributed by atoms with Crippen LogP contribution in [0.1, 0.15) is 42.8 Å². The molecule has 2 heterocycles. The summed E-state index contributed by atoms with van der Waals surface area (Å²) >= 11 is 1.62. The quantitative estimate of drug-likeness (QED) is 0.779. The van der Waals surface area contributed by atoms with E-state index in [1.165, 1.54) is 32.8 Å². The largest absolute Gasteiger partial charge is 0.468 e. The molecule has 1 saturated carbocycles. The number of methoxy groups -OCH3 is 2. The second-order valence-electron chi connectivity index (χ2n) is 6.22. The van der Waals surface area contributed by atoms with Crippen molar-refractivity contribution >= 4 is 17.3 Å². The molecule has 0 bridgehead atoms. The first kappa shape index (κ1) is 15.9. The Kier molecular flexibility index (Phi) is 5.10. The Morgan fingerprint density at radius 3 is 3.00 bits per heavy atom. The van der Waals surface area contributed by atoms with Crippen LogP contribution in [0.25, 0.3) is 0 Å². The van der Waals surface area contributed by atoms with Gasteiger partial charge in [0.25, 0.3) is 0 Å². The summed E-state index contributed by atoms with van der Waals surface area (Å²) in [5.41, 5.74) is 1.04. The van der Waals surface area contributed by atoms with Gasteiger partial charge in [-0.3, -0.25) is 9.69 Å². The van der Waals surface area contributed by atoms with Crippen molar-refractivity contribution < 1.29 is 14.3 Å². The molecule has 0 aromatic carbocycles. The fourth-order valence-corrected chi connectivity index (χ4v) is 4.70. The van der Waals surface area contributed by atoms with E-state index in [9.17, 15) is 4.79 Å². The summed E-state index contributed by atoms with van der Waals surface area (Å²) in [6, 6.07) is 0.399. The number of rotatable bonds is 5. The van der Waals surface area contributed by atoms with Gasteiger partial charge in [-0.15, -0.1) is 11.3 Å². The highest BCUT2D eigenvalue weighted by molar-refractivity contribution is 7.09. The fourth-order valence-electron chi connectivity index (χ4n) is 3.95. The van der Waals surface area contributed by atoms with Crippen molar-refractivity contribution in [1.29, 1.82) is 0 Å². The third-order valence-corrected chi connectivity index (χ3v) is 5.78. The third-order valence-electron chi connectivity index (χ3n) is 4.91. The highest BCUT2D eigenvalue weighted by atomic mass is 32.1. The molecule has 0 N–H and O–H groups in total. The number of thiazole rings is 1. The molecule has 0 spiro atoms. The Labute approximate surface area is 135 Å². The maximum absolute atomic E-state index is 12.2. The van der Waals surface area contributed by atoms with Crippen LogP contribution in [-0.2, 0) is 27.4 Å². The molecule has 2 aliphatic rings. The summed E-state index contributed by atoms with van der Waals surface area (Å²) in [5, 5.41) is 3.07. The molecule has 6 heteroatoms. The zero-order valence-corrected chi connectivity index (χ0v) is 14.1. The van der Waals surface area contributed by atoms with Crippen molar-refractivity contribution in [3.05, 3.63) is 16.1 Å². The molecule has 3 rings (SSSR count). The molecule has 1 saturated heterocycles. The Morgan fingerprint density at radius 2 is 2.23 bits per heavy atom. The maximum atomic E-state index is 12.2. The summed E-state index contributed by atoms with van der Waals surface area (Å²) in [7, 11) is 3.17. The summed E-state index contributed by atoms with van der Waals surface area (Å²) < 4.78 is 10.2. The SMILES string of the molecule is COCc1nc(CN2[C@@H]3CCCC[C@H]3C[C@H]2C(=O)OC)cs1. The lowest BCUT2D eigenvalue weighted by atomic mass is 9.85. The van der Waals surface area contributed by atoms with Gasteiger partial charge in [0.1, 0.15) is 11.0 Å². The molecule has 22 heavy (non-hydrogen) atoms. The normalized spacial score (nSPS) is 28.5. The van der Waals surface area contributed by atoms with Gasteiger partial charge in [0.15, 0.2) is 0 Å². The van der Waals surface area contributed by atoms with Crippen molar-refractivity contribution in [3.63, 3.8) is 0 Å². The number of hydrogen-bond acceptors (Lipinski definition) is 6. The second kappa shape index (κ2) is 7.06. The molecule has 2 fully saturated rings. The van der Waals surface area contributed by atoms with Crippen LogP contribution in [0.4, 0.5) is 0 Å². The van der Waals surface area contributed by atoms with Crippen LogP contribution in [0.2, 0.25) is 0 Å². The van der Waals surface area contributed by atoms with E-state index in [1.54, 1.807) is 18.4 Å². The maximum Gasteiger partial charge on any atom is 0.323 e. The van der Waals surface area contributed by atoms with Crippen molar-refractivity contribution in [3.8, 4) is 0 Å². The third kappa shape index (κ3) is 3.19. The van der Waals surface area contributed by atoms with E-state index in [0.29, 0.717) is 18.6 Å². The number of likely N-dealkylation sites (tertiary alicyclic amines) is 1. The molecule has 122 valence electrons. The first-order valence-corrected chi connectivity index (χ1v) is 8.86. The molecule has 1 aromatic rings. The predicted molar refractivity (Wildman–Crippen MR) is 84.5 cm³/mol. The van der Waals surface area contributed by atoms with Crippen LogP contribution in [0.3, 0.4) is 0 Å². The minimum atomic E-state index is -0.106. The number of fused-ring (bicyclic) bond motifs is 1. The zero-order valence-electron chi connectivity index (χ0n) is 13.3. The van der Waals surface area contributed by atoms with Crippen LogP contribution in [0.15, 0.2) is 5.38 Å². The van der Waals surface area contributed by atoms with Crippen LogP contribution in [0.5, 0.6) is 0 Å². The van der Waals surface area contributed by atoms with Crippen molar-refractivity contribution in [2.45, 2.75) is 57.3 Å². The lowest BCUT2D eigenvalue weighted by Crippen LogP contribution is -2.42. The molecule has 1 aliphatic heterocycles. The Morgan fingerprint density at radius 1 is 1.41 bits per heavy atom. The number of aromatic nitrogens is 1. The molecular weight excluding hydrogens is 300 g/mol. The summed E-state index contributed by atoms with van der Waals surface area (Å²) in [5.74, 6) is 0.539. The number of ether oxygens (including phenoxy) is 2. The van der Waals surface area contributed by atoms with Gasteiger partial charge in [0.05, 0.1) is 19.4 Å². The average molecular weight is 324 g/mol. The van der Waals surface area contributed by atoms with Gasteiger partial charge in [-0.25, -0.2) is 4.98 Å². The molecule has 1 aliphatic carbocycles. The van der Waals surface area contributed by atoms with Gasteiger partial charge in [0, 0.05) is 25.1 Å². The standard InChI is InChI=1S/C16H24N2O3S/c1-20-9-15-17-12(10-22-15)8-18-13-6-4-3-5-11(13)7-14(18)16(19)21-2/h10-11,13-14H,3-9H2,1-2H3/t11-,13+,14-/m0/s1. The van der Waals surface area contributed by atoms with Crippen molar-refractivity contribution in [2.24, 2.45) is 5.92 Å². The highest BCUT2D eigenvalue weighted by Gasteiger charge is 2.45. The first-order chi connectivity index (χ1) is 10.7. The summed E-state index contributed by atoms with van der Waals surface area (Å²) in [4.78, 5) is 19.1. The first-order valence-electron chi connectivity index (χ1n) is 7.98. The van der Waals surface area contributed by atoms with Crippen LogP contribution in [0, 0.1) is 5.92 Å². The molecule has 0 radical (unpaired) electrons. The van der Waals surface area contributed by atoms with E-state index in [-0.39, 0.29) is 12.0 Å². The van der Waals surface area contributed by atoms with Gasteiger partial charge in [-0.05, 0) is 25.2 Å². The van der Waals surface area contributed by atoms with Crippen LogP contribution < -0.4 is 0 Å². The predicted octanol–water partition coefficient (Wildman–Crippen LogP) is 2.60. The number of nitrogens with zero attached hydrogens (tertiary/aromatic N) is 2. The van der Waals surface area contributed by atoms with E-state index in [0.717, 1.165) is 23.7 Å². The molecule has 0 amide bonds. The van der Waals surface area contributed by atoms with Gasteiger partial charge in [-0.2, -0.15) is 0 Å². The van der Waals surface area contributed by atoms with E-state index in [2.05, 4.69) is 15.3 Å². The average Bonchev–Trinajstić information content (AvgIpc) is 3.13. The van der Waals surface area contributed by atoms with Gasteiger partial charge in [0.2, 0.25) is 0 Å². The summed E-state index contributed by atoms with van der Waals surface area (Å²) in [6.07, 6.45) is 5.91. The summed E-state index contributed by atoms with van der Waals surface area (Å²) in [6.45, 7) is 1.29. The van der Waals surface area contributed by atoms with Gasteiger partial charge >= 0.3 is 5.97 Å².